The molecule has 6 nitrogen and oxygen atoms in total. The molecular weight excluding hydrogens is 379 g/mol. The number of hydrogen-bond donors (Lipinski definition) is 4. The number of alkyl halides is 3. The molecule has 0 spiro atoms. The summed E-state index contributed by atoms with van der Waals surface area (Å²) in [6.45, 7) is 0. The second kappa shape index (κ2) is 7.62. The van der Waals surface area contributed by atoms with Crippen LogP contribution in [0.5, 0.6) is 0 Å². The molecule has 0 saturated carbocycles. The van der Waals surface area contributed by atoms with Crippen LogP contribution in [0.4, 0.5) is 23.7 Å². The molecule has 27 heavy (non-hydrogen) atoms. The van der Waals surface area contributed by atoms with Crippen LogP contribution in [-0.2, 0) is 12.6 Å². The summed E-state index contributed by atoms with van der Waals surface area (Å²) in [6.07, 6.45) is -4.23. The van der Waals surface area contributed by atoms with E-state index in [1.54, 1.807) is 0 Å². The highest BCUT2D eigenvalue weighted by Gasteiger charge is 2.30. The second-order valence-electron chi connectivity index (χ2n) is 5.58. The number of hydrazine groups is 1. The molecule has 4 N–H and O–H groups in total. The number of H-pyrrole nitrogens is 1. The van der Waals surface area contributed by atoms with Gasteiger partial charge < -0.3 is 10.3 Å². The maximum atomic E-state index is 12.7. The Morgan fingerprint density at radius 3 is 2.63 bits per heavy atom. The zero-order valence-corrected chi connectivity index (χ0v) is 14.5. The maximum absolute atomic E-state index is 12.7. The highest BCUT2D eigenvalue weighted by atomic mass is 32.1. The van der Waals surface area contributed by atoms with E-state index < -0.39 is 17.8 Å². The van der Waals surface area contributed by atoms with Crippen molar-refractivity contribution < 1.29 is 18.0 Å². The number of rotatable bonds is 3. The Kier molecular flexibility index (Phi) is 5.26. The van der Waals surface area contributed by atoms with Crippen LogP contribution >= 0.6 is 12.2 Å². The van der Waals surface area contributed by atoms with Gasteiger partial charge in [0.25, 0.3) is 0 Å². The lowest BCUT2D eigenvalue weighted by atomic mass is 10.2. The Labute approximate surface area is 157 Å². The van der Waals surface area contributed by atoms with Gasteiger partial charge in [0.1, 0.15) is 10.8 Å². The molecule has 1 aromatic heterocycles. The lowest BCUT2D eigenvalue weighted by Crippen LogP contribution is -2.43. The van der Waals surface area contributed by atoms with Gasteiger partial charge in [-0.2, -0.15) is 13.2 Å². The van der Waals surface area contributed by atoms with Crippen LogP contribution in [0.1, 0.15) is 11.4 Å². The van der Waals surface area contributed by atoms with Crippen molar-refractivity contribution in [2.45, 2.75) is 12.6 Å². The number of benzene rings is 2. The van der Waals surface area contributed by atoms with E-state index in [0.717, 1.165) is 23.2 Å². The third kappa shape index (κ3) is 4.94. The molecular formula is C17H14F3N5OS. The van der Waals surface area contributed by atoms with Gasteiger partial charge in [0.05, 0.1) is 23.0 Å². The Balaban J connectivity index is 1.52. The summed E-state index contributed by atoms with van der Waals surface area (Å²) in [5.74, 6) is 0.619. The summed E-state index contributed by atoms with van der Waals surface area (Å²) < 4.78 is 38.0. The van der Waals surface area contributed by atoms with Crippen molar-refractivity contribution in [1.82, 2.24) is 20.8 Å². The number of para-hydroxylation sites is 2. The van der Waals surface area contributed by atoms with Gasteiger partial charge in [-0.15, -0.1) is 0 Å². The number of amides is 2. The molecule has 2 amide bonds. The molecule has 0 aliphatic rings. The Morgan fingerprint density at radius 2 is 1.89 bits per heavy atom. The first-order valence-corrected chi connectivity index (χ1v) is 8.19. The fraction of sp³-hybridized carbons (Fsp3) is 0.118. The first kappa shape index (κ1) is 18.6. The minimum Gasteiger partial charge on any atom is -0.342 e. The Morgan fingerprint density at radius 1 is 1.11 bits per heavy atom. The van der Waals surface area contributed by atoms with Gasteiger partial charge in [-0.1, -0.05) is 30.4 Å². The number of aromatic nitrogens is 2. The van der Waals surface area contributed by atoms with Crippen LogP contribution in [-0.4, -0.2) is 21.0 Å². The first-order valence-electron chi connectivity index (χ1n) is 7.78. The predicted molar refractivity (Wildman–Crippen MR) is 99.1 cm³/mol. The number of hydrogen-bond acceptors (Lipinski definition) is 3. The van der Waals surface area contributed by atoms with E-state index in [-0.39, 0.29) is 17.1 Å². The number of fused-ring (bicyclic) bond motifs is 1. The molecule has 0 radical (unpaired) electrons. The number of carbonyl (C=O) groups excluding carboxylic acids is 1. The van der Waals surface area contributed by atoms with Crippen LogP contribution in [0, 0.1) is 0 Å². The number of nitrogens with zero attached hydrogens (tertiary/aromatic N) is 1. The third-order valence-corrected chi connectivity index (χ3v) is 3.78. The first-order chi connectivity index (χ1) is 12.8. The fourth-order valence-corrected chi connectivity index (χ4v) is 2.54. The number of halogens is 3. The summed E-state index contributed by atoms with van der Waals surface area (Å²) in [5.41, 5.74) is 5.62. The number of carbonyl (C=O) groups is 1. The van der Waals surface area contributed by atoms with Gasteiger partial charge in [0, 0.05) is 5.69 Å². The smallest absolute Gasteiger partial charge is 0.342 e. The zero-order valence-electron chi connectivity index (χ0n) is 13.7. The van der Waals surface area contributed by atoms with Crippen LogP contribution in [0.15, 0.2) is 48.5 Å². The second-order valence-corrected chi connectivity index (χ2v) is 6.08. The van der Waals surface area contributed by atoms with E-state index >= 15 is 0 Å². The van der Waals surface area contributed by atoms with E-state index in [1.807, 2.05) is 24.3 Å². The topological polar surface area (TPSA) is 81.8 Å². The standard InChI is InChI=1S/C17H14F3N5OS/c18-17(19,20)10-4-3-5-11(8-10)21-16(26)25-24-15(27)9-14-22-12-6-1-2-7-13(12)23-14/h1-8H,9H2,(H,22,23)(H,24,27)(H2,21,25,26). The van der Waals surface area contributed by atoms with Gasteiger partial charge >= 0.3 is 12.2 Å². The Bertz CT molecular complexity index is 953. The highest BCUT2D eigenvalue weighted by Crippen LogP contribution is 2.30. The molecule has 0 aliphatic heterocycles. The van der Waals surface area contributed by atoms with E-state index in [1.165, 1.54) is 12.1 Å². The molecule has 2 aromatic carbocycles. The van der Waals surface area contributed by atoms with E-state index in [4.69, 9.17) is 12.2 Å². The molecule has 3 rings (SSSR count). The summed E-state index contributed by atoms with van der Waals surface area (Å²) in [6, 6.07) is 11.0. The number of urea groups is 1. The minimum atomic E-state index is -4.49. The molecule has 10 heteroatoms. The number of nitrogens with one attached hydrogen (secondary N) is 4. The monoisotopic (exact) mass is 393 g/mol. The van der Waals surface area contributed by atoms with Gasteiger partial charge in [0.15, 0.2) is 0 Å². The molecule has 0 atom stereocenters. The molecule has 3 aromatic rings. The molecule has 0 aliphatic carbocycles. The summed E-state index contributed by atoms with van der Waals surface area (Å²) in [7, 11) is 0. The van der Waals surface area contributed by atoms with Gasteiger partial charge in [0.2, 0.25) is 0 Å². The number of imidazole rings is 1. The van der Waals surface area contributed by atoms with Crippen molar-refractivity contribution in [3.63, 3.8) is 0 Å². The normalized spacial score (nSPS) is 11.2. The average molecular weight is 393 g/mol. The van der Waals surface area contributed by atoms with Crippen molar-refractivity contribution in [3.8, 4) is 0 Å². The van der Waals surface area contributed by atoms with Crippen molar-refractivity contribution in [2.24, 2.45) is 0 Å². The number of thiocarbonyl (C=S) groups is 1. The summed E-state index contributed by atoms with van der Waals surface area (Å²) in [5, 5.41) is 2.30. The summed E-state index contributed by atoms with van der Waals surface area (Å²) >= 11 is 5.13. The van der Waals surface area contributed by atoms with Crippen molar-refractivity contribution in [3.05, 3.63) is 59.9 Å². The van der Waals surface area contributed by atoms with E-state index in [0.29, 0.717) is 5.82 Å². The van der Waals surface area contributed by atoms with Crippen LogP contribution < -0.4 is 16.2 Å². The molecule has 0 fully saturated rings. The van der Waals surface area contributed by atoms with Crippen LogP contribution in [0.3, 0.4) is 0 Å². The lowest BCUT2D eigenvalue weighted by molar-refractivity contribution is -0.137. The van der Waals surface area contributed by atoms with Gasteiger partial charge in [-0.05, 0) is 30.3 Å². The average Bonchev–Trinajstić information content (AvgIpc) is 3.01. The van der Waals surface area contributed by atoms with Gasteiger partial charge in [-0.25, -0.2) is 9.78 Å². The van der Waals surface area contributed by atoms with Crippen molar-refractivity contribution >= 4 is 40.0 Å². The highest BCUT2D eigenvalue weighted by molar-refractivity contribution is 7.80. The SMILES string of the molecule is O=C(NNC(=S)Cc1nc2ccccc2[nH]1)Nc1cccc(C(F)(F)F)c1. The molecule has 0 bridgehead atoms. The summed E-state index contributed by atoms with van der Waals surface area (Å²) in [4.78, 5) is 19.6. The minimum absolute atomic E-state index is 0.00678. The van der Waals surface area contributed by atoms with E-state index in [9.17, 15) is 18.0 Å². The maximum Gasteiger partial charge on any atom is 0.416 e. The fourth-order valence-electron chi connectivity index (χ4n) is 2.35. The quantitative estimate of drug-likeness (QED) is 0.403. The Hall–Kier alpha value is -3.14. The van der Waals surface area contributed by atoms with E-state index in [2.05, 4.69) is 26.1 Å². The van der Waals surface area contributed by atoms with Crippen molar-refractivity contribution in [2.75, 3.05) is 5.32 Å². The lowest BCUT2D eigenvalue weighted by Gasteiger charge is -2.12. The number of aromatic amines is 1. The largest absolute Gasteiger partial charge is 0.416 e. The molecule has 1 heterocycles. The van der Waals surface area contributed by atoms with Crippen LogP contribution in [0.25, 0.3) is 11.0 Å². The number of anilines is 1. The predicted octanol–water partition coefficient (Wildman–Crippen LogP) is 3.78. The van der Waals surface area contributed by atoms with Crippen LogP contribution in [0.2, 0.25) is 0 Å². The van der Waals surface area contributed by atoms with Crippen molar-refractivity contribution in [1.29, 1.82) is 0 Å². The molecule has 140 valence electrons. The molecule has 0 unspecified atom stereocenters. The molecule has 0 saturated heterocycles. The zero-order chi connectivity index (χ0) is 19.4. The third-order valence-electron chi connectivity index (χ3n) is 3.53. The van der Waals surface area contributed by atoms with Gasteiger partial charge in [-0.3, -0.25) is 10.9 Å².